The molecule has 318 valence electrons. The standard InChI is InChI=1S/C58H50N4S.Pt/c1-57(2,3)43-31-33-49(41-19-9-7-10-20-41)55(35-43)61-39-59(51-27-13-15-29-53(51)61)45-23-17-25-47(37-45)63-48-26-18-24-46(38-48)60-40-62(54-30-16-14-28-52(54)60)56-36-44(58(4,5)6)32-34-50(56)42-21-11-8-12-22-42;/h7-36,39-40H,1-6H3;/q-4;+4. The molecule has 0 aliphatic carbocycles. The van der Waals surface area contributed by atoms with E-state index in [0.717, 1.165) is 55.3 Å². The van der Waals surface area contributed by atoms with Gasteiger partial charge in [-0.15, -0.1) is 70.5 Å². The summed E-state index contributed by atoms with van der Waals surface area (Å²) in [5, 5.41) is 0. The van der Waals surface area contributed by atoms with Crippen molar-refractivity contribution in [3.8, 4) is 22.3 Å². The van der Waals surface area contributed by atoms with Crippen molar-refractivity contribution in [3.05, 3.63) is 219 Å². The van der Waals surface area contributed by atoms with Gasteiger partial charge in [0, 0.05) is 45.3 Å². The number of nitrogens with zero attached hydrogens (tertiary/aromatic N) is 4. The van der Waals surface area contributed by atoms with Crippen molar-refractivity contribution in [2.75, 3.05) is 19.6 Å². The second kappa shape index (κ2) is 17.5. The van der Waals surface area contributed by atoms with Crippen molar-refractivity contribution in [2.45, 2.75) is 62.2 Å². The van der Waals surface area contributed by atoms with Crippen molar-refractivity contribution in [2.24, 2.45) is 0 Å². The van der Waals surface area contributed by atoms with Crippen LogP contribution in [0.15, 0.2) is 192 Å². The number of rotatable bonds is 8. The SMILES string of the molecule is CC(C)(C)c1ccc(-c2ccccc2)c(N2[CH-]N(c3[c-]c(Sc4[c-]c(N5[CH-]N(c6cc(C(C)(C)C)ccc6-c6ccccc6)c6ccccc65)ccc4)ccc3)c3ccccc32)c1.[Pt+4]. The van der Waals surface area contributed by atoms with Gasteiger partial charge >= 0.3 is 21.1 Å². The summed E-state index contributed by atoms with van der Waals surface area (Å²) in [5.74, 6) is 0. The summed E-state index contributed by atoms with van der Waals surface area (Å²) < 4.78 is 0. The molecule has 0 aromatic heterocycles. The van der Waals surface area contributed by atoms with Crippen molar-refractivity contribution in [1.29, 1.82) is 0 Å². The first-order valence-electron chi connectivity index (χ1n) is 21.7. The zero-order valence-corrected chi connectivity index (χ0v) is 40.1. The summed E-state index contributed by atoms with van der Waals surface area (Å²) in [4.78, 5) is 11.2. The monoisotopic (exact) mass is 1030 g/mol. The van der Waals surface area contributed by atoms with E-state index in [-0.39, 0.29) is 31.9 Å². The van der Waals surface area contributed by atoms with Crippen LogP contribution < -0.4 is 19.6 Å². The maximum atomic E-state index is 3.78. The van der Waals surface area contributed by atoms with Crippen molar-refractivity contribution in [3.63, 3.8) is 0 Å². The van der Waals surface area contributed by atoms with E-state index in [1.54, 1.807) is 11.8 Å². The van der Waals surface area contributed by atoms with E-state index >= 15 is 0 Å². The summed E-state index contributed by atoms with van der Waals surface area (Å²) in [6.45, 7) is 18.1. The van der Waals surface area contributed by atoms with Gasteiger partial charge in [-0.2, -0.15) is 24.3 Å². The van der Waals surface area contributed by atoms with E-state index in [2.05, 4.69) is 269 Å². The number of para-hydroxylation sites is 4. The molecule has 0 spiro atoms. The zero-order valence-electron chi connectivity index (χ0n) is 37.0. The second-order valence-electron chi connectivity index (χ2n) is 18.3. The Morgan fingerprint density at radius 3 is 1.11 bits per heavy atom. The number of anilines is 8. The van der Waals surface area contributed by atoms with Gasteiger partial charge in [0.15, 0.2) is 0 Å². The summed E-state index contributed by atoms with van der Waals surface area (Å²) in [5.41, 5.74) is 16.1. The largest absolute Gasteiger partial charge is 4.00 e. The predicted molar refractivity (Wildman–Crippen MR) is 266 cm³/mol. The van der Waals surface area contributed by atoms with E-state index in [4.69, 9.17) is 0 Å². The van der Waals surface area contributed by atoms with Crippen molar-refractivity contribution in [1.82, 2.24) is 0 Å². The molecule has 64 heavy (non-hydrogen) atoms. The summed E-state index contributed by atoms with van der Waals surface area (Å²) >= 11 is 1.68. The van der Waals surface area contributed by atoms with E-state index in [0.29, 0.717) is 0 Å². The minimum absolute atomic E-state index is 0. The number of hydrogen-bond acceptors (Lipinski definition) is 5. The predicted octanol–water partition coefficient (Wildman–Crippen LogP) is 16.2. The van der Waals surface area contributed by atoms with Crippen molar-refractivity contribution >= 4 is 57.3 Å². The summed E-state index contributed by atoms with van der Waals surface area (Å²) in [6, 6.07) is 72.9. The van der Waals surface area contributed by atoms with Gasteiger partial charge in [0.2, 0.25) is 0 Å². The van der Waals surface area contributed by atoms with Crippen LogP contribution in [0.4, 0.5) is 45.5 Å². The van der Waals surface area contributed by atoms with E-state index < -0.39 is 0 Å². The zero-order chi connectivity index (χ0) is 43.3. The third-order valence-electron chi connectivity index (χ3n) is 11.9. The maximum absolute atomic E-state index is 3.78. The van der Waals surface area contributed by atoms with Gasteiger partial charge in [0.1, 0.15) is 0 Å². The molecule has 0 radical (unpaired) electrons. The first-order chi connectivity index (χ1) is 30.5. The fourth-order valence-electron chi connectivity index (χ4n) is 8.50. The van der Waals surface area contributed by atoms with E-state index in [1.807, 2.05) is 0 Å². The second-order valence-corrected chi connectivity index (χ2v) is 19.4. The van der Waals surface area contributed by atoms with Crippen LogP contribution in [0.25, 0.3) is 22.3 Å². The average molecular weight is 1030 g/mol. The molecule has 10 rings (SSSR count). The summed E-state index contributed by atoms with van der Waals surface area (Å²) in [7, 11) is 0. The van der Waals surface area contributed by atoms with E-state index in [9.17, 15) is 0 Å². The molecule has 0 saturated heterocycles. The van der Waals surface area contributed by atoms with Crippen LogP contribution in [0.3, 0.4) is 0 Å². The Labute approximate surface area is 398 Å². The van der Waals surface area contributed by atoms with Crippen LogP contribution in [-0.4, -0.2) is 0 Å². The van der Waals surface area contributed by atoms with Gasteiger partial charge in [-0.05, 0) is 69.5 Å². The Kier molecular flexibility index (Phi) is 11.8. The van der Waals surface area contributed by atoms with Crippen molar-refractivity contribution < 1.29 is 21.1 Å². The van der Waals surface area contributed by atoms with E-state index in [1.165, 1.54) is 33.4 Å². The average Bonchev–Trinajstić information content (AvgIpc) is 3.89. The fourth-order valence-corrected chi connectivity index (χ4v) is 9.34. The van der Waals surface area contributed by atoms with Gasteiger partial charge in [-0.25, -0.2) is 0 Å². The molecule has 4 nitrogen and oxygen atoms in total. The van der Waals surface area contributed by atoms with Crippen LogP contribution >= 0.6 is 11.8 Å². The van der Waals surface area contributed by atoms with Crippen LogP contribution in [0.2, 0.25) is 0 Å². The molecule has 0 atom stereocenters. The molecule has 0 unspecified atom stereocenters. The molecular weight excluding hydrogens is 980 g/mol. The fraction of sp³-hybridized carbons (Fsp3) is 0.138. The molecule has 2 aliphatic rings. The van der Waals surface area contributed by atoms with Crippen LogP contribution in [0.1, 0.15) is 52.7 Å². The van der Waals surface area contributed by atoms with Gasteiger partial charge < -0.3 is 19.6 Å². The Morgan fingerprint density at radius 2 is 0.734 bits per heavy atom. The molecule has 8 aromatic rings. The van der Waals surface area contributed by atoms with Gasteiger partial charge in [0.05, 0.1) is 0 Å². The molecule has 6 heteroatoms. The Hall–Kier alpha value is -6.00. The van der Waals surface area contributed by atoms with Gasteiger partial charge in [0.25, 0.3) is 0 Å². The van der Waals surface area contributed by atoms with Gasteiger partial charge in [-0.3, -0.25) is 0 Å². The number of hydrogen-bond donors (Lipinski definition) is 0. The molecule has 0 amide bonds. The first kappa shape index (κ1) is 43.3. The molecular formula is C58H50N4PtS. The van der Waals surface area contributed by atoms with Crippen LogP contribution in [-0.2, 0) is 31.9 Å². The third kappa shape index (κ3) is 8.40. The first-order valence-corrected chi connectivity index (χ1v) is 22.5. The van der Waals surface area contributed by atoms with Crippen LogP contribution in [0, 0.1) is 25.5 Å². The summed E-state index contributed by atoms with van der Waals surface area (Å²) in [6.07, 6.45) is 0. The smallest absolute Gasteiger partial charge is 0.493 e. The minimum Gasteiger partial charge on any atom is -0.493 e. The normalized spacial score (nSPS) is 13.5. The molecule has 2 heterocycles. The van der Waals surface area contributed by atoms with Gasteiger partial charge in [-0.1, -0.05) is 151 Å². The molecule has 0 N–H and O–H groups in total. The quantitative estimate of drug-likeness (QED) is 0.140. The number of fused-ring (bicyclic) bond motifs is 2. The van der Waals surface area contributed by atoms with Crippen LogP contribution in [0.5, 0.6) is 0 Å². The molecule has 2 aliphatic heterocycles. The molecule has 0 saturated carbocycles. The number of benzene rings is 8. The third-order valence-corrected chi connectivity index (χ3v) is 12.8. The minimum atomic E-state index is -0.00389. The Balaban J connectivity index is 0.00000518. The molecule has 0 fully saturated rings. The molecule has 8 aromatic carbocycles. The molecule has 0 bridgehead atoms. The Bertz CT molecular complexity index is 2740. The topological polar surface area (TPSA) is 13.0 Å². The maximum Gasteiger partial charge on any atom is 4.00 e. The Morgan fingerprint density at radius 1 is 0.375 bits per heavy atom.